The molecule has 1 unspecified atom stereocenters. The van der Waals surface area contributed by atoms with E-state index in [1.54, 1.807) is 0 Å². The molecule has 0 aliphatic carbocycles. The predicted molar refractivity (Wildman–Crippen MR) is 110 cm³/mol. The van der Waals surface area contributed by atoms with Crippen molar-refractivity contribution in [3.05, 3.63) is 12.2 Å². The minimum Gasteiger partial charge on any atom is -0.460 e. The van der Waals surface area contributed by atoms with Crippen LogP contribution in [0.15, 0.2) is 12.2 Å². The molecule has 35 heavy (non-hydrogen) atoms. The summed E-state index contributed by atoms with van der Waals surface area (Å²) >= 11 is 0. The number of amides is 2. The normalized spacial score (nSPS) is 39.5. The number of rotatable bonds is 9. The quantitative estimate of drug-likeness (QED) is 0.0598. The van der Waals surface area contributed by atoms with Crippen LogP contribution in [-0.2, 0) is 23.7 Å². The first-order valence-electron chi connectivity index (χ1n) is 10.6. The fraction of sp³-hybridized carbons (Fsp3) is 0.789. The molecule has 10 atom stereocenters. The third-order valence-corrected chi connectivity index (χ3v) is 5.34. The molecule has 2 aliphatic heterocycles. The van der Waals surface area contributed by atoms with Crippen LogP contribution in [0.1, 0.15) is 6.92 Å². The van der Waals surface area contributed by atoms with E-state index < -0.39 is 86.2 Å². The smallest absolute Gasteiger partial charge is 0.333 e. The minimum atomic E-state index is -2.92. The van der Waals surface area contributed by atoms with Crippen molar-refractivity contribution in [2.75, 3.05) is 26.4 Å². The van der Waals surface area contributed by atoms with Crippen LogP contribution in [0.5, 0.6) is 0 Å². The first-order chi connectivity index (χ1) is 16.4. The number of carbonyl (C=O) groups excluding carboxylic acids is 2. The highest BCUT2D eigenvalue weighted by Crippen LogP contribution is 2.31. The van der Waals surface area contributed by atoms with Crippen LogP contribution in [0.3, 0.4) is 0 Å². The minimum absolute atomic E-state index is 0.145. The number of carbonyl (C=O) groups is 2. The van der Waals surface area contributed by atoms with Gasteiger partial charge in [0.05, 0.1) is 19.8 Å². The maximum Gasteiger partial charge on any atom is 0.333 e. The van der Waals surface area contributed by atoms with Gasteiger partial charge in [-0.25, -0.2) is 9.59 Å². The third kappa shape index (κ3) is 6.83. The van der Waals surface area contributed by atoms with E-state index in [2.05, 4.69) is 11.9 Å². The van der Waals surface area contributed by atoms with Gasteiger partial charge in [-0.1, -0.05) is 6.58 Å². The maximum absolute atomic E-state index is 12.1. The Morgan fingerprint density at radius 3 is 2.20 bits per heavy atom. The van der Waals surface area contributed by atoms with Gasteiger partial charge in [-0.3, -0.25) is 5.32 Å². The number of aliphatic hydroxyl groups excluding tert-OH is 7. The van der Waals surface area contributed by atoms with E-state index in [0.717, 1.165) is 0 Å². The highest BCUT2D eigenvalue weighted by molar-refractivity contribution is 5.86. The van der Waals surface area contributed by atoms with Crippen molar-refractivity contribution in [3.8, 4) is 0 Å². The Kier molecular flexibility index (Phi) is 10.3. The fourth-order valence-electron chi connectivity index (χ4n) is 3.38. The van der Waals surface area contributed by atoms with E-state index in [1.807, 2.05) is 5.32 Å². The molecule has 2 heterocycles. The Hall–Kier alpha value is -1.96. The van der Waals surface area contributed by atoms with Gasteiger partial charge in [-0.15, -0.1) is 0 Å². The van der Waals surface area contributed by atoms with E-state index in [1.165, 1.54) is 6.92 Å². The molecule has 0 aromatic heterocycles. The summed E-state index contributed by atoms with van der Waals surface area (Å²) in [5, 5.41) is 84.3. The monoisotopic (exact) mass is 512 g/mol. The topological polar surface area (TPSA) is 257 Å². The van der Waals surface area contributed by atoms with Gasteiger partial charge in [0.15, 0.2) is 12.4 Å². The van der Waals surface area contributed by atoms with E-state index >= 15 is 0 Å². The molecule has 16 nitrogen and oxygen atoms in total. The Bertz CT molecular complexity index is 751. The second-order valence-corrected chi connectivity index (χ2v) is 8.07. The van der Waals surface area contributed by atoms with Crippen molar-refractivity contribution >= 4 is 12.0 Å². The molecule has 0 radical (unpaired) electrons. The molecule has 0 bridgehead atoms. The van der Waals surface area contributed by atoms with E-state index in [0.29, 0.717) is 0 Å². The number of hydrogen-bond donors (Lipinski definition) is 10. The van der Waals surface area contributed by atoms with Gasteiger partial charge in [-0.2, -0.15) is 0 Å². The SMILES string of the molecule is C=C(C)C(=O)OCCNC(=O)NC1(O)O[C@H](CO)[C@@H](O[C@@H]2O[C@H](CO)[C@H](O)[C@H](O)[C@H]2O)[C@H](O)[C@H]1O. The Morgan fingerprint density at radius 2 is 1.63 bits per heavy atom. The first-order valence-corrected chi connectivity index (χ1v) is 10.6. The lowest BCUT2D eigenvalue weighted by Gasteiger charge is -2.48. The van der Waals surface area contributed by atoms with Crippen LogP contribution in [0.4, 0.5) is 4.79 Å². The summed E-state index contributed by atoms with van der Waals surface area (Å²) in [6, 6.07) is -1.10. The van der Waals surface area contributed by atoms with Crippen LogP contribution in [0.25, 0.3) is 0 Å². The number of hydrogen-bond acceptors (Lipinski definition) is 14. The summed E-state index contributed by atoms with van der Waals surface area (Å²) in [6.45, 7) is 2.69. The van der Waals surface area contributed by atoms with Gasteiger partial charge in [0.2, 0.25) is 0 Å². The number of esters is 1. The van der Waals surface area contributed by atoms with E-state index in [-0.39, 0.29) is 18.7 Å². The summed E-state index contributed by atoms with van der Waals surface area (Å²) in [5.41, 5.74) is 0.145. The van der Waals surface area contributed by atoms with Gasteiger partial charge in [0, 0.05) is 5.57 Å². The lowest BCUT2D eigenvalue weighted by atomic mass is 9.95. The Morgan fingerprint density at radius 1 is 1.00 bits per heavy atom. The predicted octanol–water partition coefficient (Wildman–Crippen LogP) is -5.65. The average molecular weight is 512 g/mol. The van der Waals surface area contributed by atoms with Crippen molar-refractivity contribution in [1.29, 1.82) is 0 Å². The Balaban J connectivity index is 2.01. The lowest BCUT2D eigenvalue weighted by Crippen LogP contribution is -2.73. The molecule has 0 aromatic rings. The molecule has 2 amide bonds. The number of urea groups is 1. The van der Waals surface area contributed by atoms with Crippen molar-refractivity contribution in [1.82, 2.24) is 10.6 Å². The van der Waals surface area contributed by atoms with Crippen LogP contribution >= 0.6 is 0 Å². The van der Waals surface area contributed by atoms with Gasteiger partial charge in [0.1, 0.15) is 49.3 Å². The third-order valence-electron chi connectivity index (χ3n) is 5.34. The summed E-state index contributed by atoms with van der Waals surface area (Å²) in [5.74, 6) is -3.60. The Labute approximate surface area is 199 Å². The number of ether oxygens (including phenoxy) is 4. The maximum atomic E-state index is 12.1. The number of nitrogens with one attached hydrogen (secondary N) is 2. The molecule has 2 rings (SSSR count). The van der Waals surface area contributed by atoms with Gasteiger partial charge in [0.25, 0.3) is 5.91 Å². The lowest BCUT2D eigenvalue weighted by molar-refractivity contribution is -0.387. The molecule has 0 spiro atoms. The van der Waals surface area contributed by atoms with Gasteiger partial charge in [-0.05, 0) is 6.92 Å². The average Bonchev–Trinajstić information content (AvgIpc) is 2.81. The molecular weight excluding hydrogens is 480 g/mol. The summed E-state index contributed by atoms with van der Waals surface area (Å²) in [6.07, 6.45) is -16.0. The summed E-state index contributed by atoms with van der Waals surface area (Å²) < 4.78 is 20.4. The van der Waals surface area contributed by atoms with Gasteiger partial charge >= 0.3 is 12.0 Å². The molecule has 2 fully saturated rings. The molecule has 10 N–H and O–H groups in total. The standard InChI is InChI=1S/C19H32N2O14/c1-7(2)16(29)32-4-3-20-18(30)21-19(31)15(28)13(27)14(9(6-23)35-19)34-17-12(26)11(25)10(24)8(5-22)33-17/h8-15,17,22-28,31H,1,3-6H2,2H3,(H2,20,21,30)/t8-,9-,10+,11+,12-,13+,14-,15-,17+,19?/m1/s1. The van der Waals surface area contributed by atoms with Crippen molar-refractivity contribution in [3.63, 3.8) is 0 Å². The largest absolute Gasteiger partial charge is 0.460 e. The van der Waals surface area contributed by atoms with Crippen molar-refractivity contribution < 1.29 is 69.4 Å². The molecule has 2 saturated heterocycles. The zero-order valence-corrected chi connectivity index (χ0v) is 18.8. The highest BCUT2D eigenvalue weighted by atomic mass is 16.7. The molecular formula is C19H32N2O14. The van der Waals surface area contributed by atoms with E-state index in [4.69, 9.17) is 18.9 Å². The highest BCUT2D eigenvalue weighted by Gasteiger charge is 2.56. The molecule has 0 aromatic carbocycles. The van der Waals surface area contributed by atoms with Crippen LogP contribution in [0, 0.1) is 0 Å². The second kappa shape index (κ2) is 12.3. The van der Waals surface area contributed by atoms with Gasteiger partial charge < -0.3 is 65.1 Å². The van der Waals surface area contributed by atoms with Crippen LogP contribution < -0.4 is 10.6 Å². The van der Waals surface area contributed by atoms with Crippen LogP contribution in [-0.4, -0.2) is 140 Å². The number of aliphatic hydroxyl groups is 8. The zero-order chi connectivity index (χ0) is 26.5. The summed E-state index contributed by atoms with van der Waals surface area (Å²) in [4.78, 5) is 23.4. The van der Waals surface area contributed by atoms with E-state index in [9.17, 15) is 50.4 Å². The van der Waals surface area contributed by atoms with Crippen LogP contribution in [0.2, 0.25) is 0 Å². The molecule has 16 heteroatoms. The molecule has 0 saturated carbocycles. The van der Waals surface area contributed by atoms with Crippen molar-refractivity contribution in [2.24, 2.45) is 0 Å². The second-order valence-electron chi connectivity index (χ2n) is 8.07. The summed E-state index contributed by atoms with van der Waals surface area (Å²) in [7, 11) is 0. The first kappa shape index (κ1) is 29.3. The molecule has 202 valence electrons. The molecule has 2 aliphatic rings. The fourth-order valence-corrected chi connectivity index (χ4v) is 3.38. The zero-order valence-electron chi connectivity index (χ0n) is 18.8. The van der Waals surface area contributed by atoms with Crippen molar-refractivity contribution in [2.45, 2.75) is 68.0 Å².